The van der Waals surface area contributed by atoms with Crippen molar-refractivity contribution in [1.82, 2.24) is 20.2 Å². The van der Waals surface area contributed by atoms with Crippen molar-refractivity contribution in [3.63, 3.8) is 0 Å². The van der Waals surface area contributed by atoms with Crippen LogP contribution in [0.2, 0.25) is 0 Å². The van der Waals surface area contributed by atoms with Gasteiger partial charge in [0.1, 0.15) is 5.75 Å². The Balaban J connectivity index is 1.64. The van der Waals surface area contributed by atoms with Gasteiger partial charge in [-0.3, -0.25) is 4.79 Å². The average molecular weight is 372 g/mol. The van der Waals surface area contributed by atoms with Crippen LogP contribution in [-0.2, 0) is 24.2 Å². The molecule has 1 aliphatic rings. The van der Waals surface area contributed by atoms with E-state index in [-0.39, 0.29) is 5.91 Å². The van der Waals surface area contributed by atoms with Crippen molar-refractivity contribution in [1.29, 1.82) is 0 Å². The van der Waals surface area contributed by atoms with E-state index in [9.17, 15) is 4.79 Å². The van der Waals surface area contributed by atoms with Crippen LogP contribution in [0.5, 0.6) is 5.75 Å². The van der Waals surface area contributed by atoms with Crippen LogP contribution in [0.3, 0.4) is 0 Å². The molecule has 2 aromatic rings. The van der Waals surface area contributed by atoms with Crippen molar-refractivity contribution >= 4 is 5.91 Å². The molecule has 1 atom stereocenters. The molecule has 2 heterocycles. The number of benzene rings is 1. The summed E-state index contributed by atoms with van der Waals surface area (Å²) in [5.74, 6) is 1.34. The normalized spacial score (nSPS) is 16.4. The summed E-state index contributed by atoms with van der Waals surface area (Å²) in [7, 11) is 3.34. The van der Waals surface area contributed by atoms with E-state index in [4.69, 9.17) is 9.47 Å². The molecular weight excluding hydrogens is 344 g/mol. The van der Waals surface area contributed by atoms with Crippen molar-refractivity contribution < 1.29 is 14.3 Å². The molecule has 0 aliphatic carbocycles. The van der Waals surface area contributed by atoms with E-state index in [2.05, 4.69) is 15.6 Å². The molecule has 0 saturated carbocycles. The van der Waals surface area contributed by atoms with Gasteiger partial charge in [0.05, 0.1) is 32.3 Å². The first-order valence-electron chi connectivity index (χ1n) is 9.35. The highest BCUT2D eigenvalue weighted by Gasteiger charge is 2.18. The zero-order chi connectivity index (χ0) is 19.1. The lowest BCUT2D eigenvalue weighted by molar-refractivity contribution is 0.0949. The van der Waals surface area contributed by atoms with E-state index < -0.39 is 0 Å². The molecule has 1 aromatic heterocycles. The molecule has 0 bridgehead atoms. The first kappa shape index (κ1) is 19.4. The third-order valence-corrected chi connectivity index (χ3v) is 4.98. The van der Waals surface area contributed by atoms with Crippen molar-refractivity contribution in [3.05, 3.63) is 47.5 Å². The van der Waals surface area contributed by atoms with Crippen molar-refractivity contribution in [2.45, 2.75) is 25.9 Å². The minimum Gasteiger partial charge on any atom is -0.496 e. The van der Waals surface area contributed by atoms with Crippen LogP contribution >= 0.6 is 0 Å². The topological polar surface area (TPSA) is 77.4 Å². The molecule has 7 heteroatoms. The number of hydrogen-bond donors (Lipinski definition) is 2. The van der Waals surface area contributed by atoms with Crippen molar-refractivity contribution in [3.8, 4) is 5.75 Å². The molecule has 1 aromatic carbocycles. The van der Waals surface area contributed by atoms with Gasteiger partial charge in [0, 0.05) is 25.4 Å². The van der Waals surface area contributed by atoms with Crippen molar-refractivity contribution in [2.75, 3.05) is 33.9 Å². The number of aromatic nitrogens is 2. The molecule has 1 saturated heterocycles. The van der Waals surface area contributed by atoms with Crippen LogP contribution in [-0.4, -0.2) is 49.4 Å². The van der Waals surface area contributed by atoms with E-state index >= 15 is 0 Å². The Morgan fingerprint density at radius 2 is 2.30 bits per heavy atom. The predicted molar refractivity (Wildman–Crippen MR) is 103 cm³/mol. The Morgan fingerprint density at radius 3 is 3.04 bits per heavy atom. The molecule has 0 radical (unpaired) electrons. The molecule has 1 aliphatic heterocycles. The van der Waals surface area contributed by atoms with Gasteiger partial charge >= 0.3 is 0 Å². The SMILES string of the molecule is COCCn1cncc1CNC(=O)c1ccc(OC)c(CC2CCNC2)c1. The molecular formula is C20H28N4O3. The minimum absolute atomic E-state index is 0.0945. The third kappa shape index (κ3) is 5.08. The standard InChI is InChI=1S/C20H28N4O3/c1-26-8-7-24-14-22-12-18(24)13-23-20(25)16-3-4-19(27-2)17(10-16)9-15-5-6-21-11-15/h3-4,10,12,14-15,21H,5-9,11,13H2,1-2H3,(H,23,25). The second-order valence-corrected chi connectivity index (χ2v) is 6.84. The quantitative estimate of drug-likeness (QED) is 0.699. The van der Waals surface area contributed by atoms with Crippen LogP contribution in [0.15, 0.2) is 30.7 Å². The maximum Gasteiger partial charge on any atom is 0.251 e. The summed E-state index contributed by atoms with van der Waals surface area (Å²) in [5.41, 5.74) is 2.69. The van der Waals surface area contributed by atoms with E-state index in [1.807, 2.05) is 22.8 Å². The average Bonchev–Trinajstić information content (AvgIpc) is 3.36. The summed E-state index contributed by atoms with van der Waals surface area (Å²) < 4.78 is 12.6. The van der Waals surface area contributed by atoms with E-state index in [1.54, 1.807) is 26.7 Å². The van der Waals surface area contributed by atoms with E-state index in [1.165, 1.54) is 0 Å². The fraction of sp³-hybridized carbons (Fsp3) is 0.500. The second kappa shape index (κ2) is 9.53. The summed E-state index contributed by atoms with van der Waals surface area (Å²) in [6.45, 7) is 3.82. The molecule has 27 heavy (non-hydrogen) atoms. The fourth-order valence-corrected chi connectivity index (χ4v) is 3.44. The number of methoxy groups -OCH3 is 2. The zero-order valence-electron chi connectivity index (χ0n) is 16.0. The molecule has 3 rings (SSSR count). The third-order valence-electron chi connectivity index (χ3n) is 4.98. The van der Waals surface area contributed by atoms with Crippen LogP contribution < -0.4 is 15.4 Å². The van der Waals surface area contributed by atoms with E-state index in [0.29, 0.717) is 31.2 Å². The van der Waals surface area contributed by atoms with Crippen LogP contribution in [0, 0.1) is 5.92 Å². The number of carbonyl (C=O) groups excluding carboxylic acids is 1. The van der Waals surface area contributed by atoms with Gasteiger partial charge in [0.15, 0.2) is 0 Å². The Kier molecular flexibility index (Phi) is 6.84. The Morgan fingerprint density at radius 1 is 1.41 bits per heavy atom. The fourth-order valence-electron chi connectivity index (χ4n) is 3.44. The highest BCUT2D eigenvalue weighted by molar-refractivity contribution is 5.94. The molecule has 2 N–H and O–H groups in total. The first-order chi connectivity index (χ1) is 13.2. The molecule has 1 unspecified atom stereocenters. The van der Waals surface area contributed by atoms with Crippen molar-refractivity contribution in [2.24, 2.45) is 5.92 Å². The van der Waals surface area contributed by atoms with Gasteiger partial charge in [-0.15, -0.1) is 0 Å². The second-order valence-electron chi connectivity index (χ2n) is 6.84. The highest BCUT2D eigenvalue weighted by Crippen LogP contribution is 2.25. The summed E-state index contributed by atoms with van der Waals surface area (Å²) in [5, 5.41) is 6.37. The smallest absolute Gasteiger partial charge is 0.251 e. The Bertz CT molecular complexity index is 753. The molecule has 7 nitrogen and oxygen atoms in total. The number of carbonyl (C=O) groups is 1. The lowest BCUT2D eigenvalue weighted by Gasteiger charge is -2.14. The van der Waals surface area contributed by atoms with Gasteiger partial charge in [-0.05, 0) is 55.6 Å². The largest absolute Gasteiger partial charge is 0.496 e. The van der Waals surface area contributed by atoms with Gasteiger partial charge in [-0.25, -0.2) is 4.98 Å². The van der Waals surface area contributed by atoms with Crippen LogP contribution in [0.4, 0.5) is 0 Å². The summed E-state index contributed by atoms with van der Waals surface area (Å²) in [4.78, 5) is 16.8. The molecule has 146 valence electrons. The minimum atomic E-state index is -0.0945. The Labute approximate surface area is 160 Å². The Hall–Kier alpha value is -2.38. The lowest BCUT2D eigenvalue weighted by atomic mass is 9.96. The summed E-state index contributed by atoms with van der Waals surface area (Å²) in [6, 6.07) is 5.65. The maximum absolute atomic E-state index is 12.6. The van der Waals surface area contributed by atoms with Gasteiger partial charge < -0.3 is 24.7 Å². The van der Waals surface area contributed by atoms with Crippen LogP contribution in [0.1, 0.15) is 28.0 Å². The molecule has 0 spiro atoms. The number of ether oxygens (including phenoxy) is 2. The maximum atomic E-state index is 12.6. The molecule has 1 amide bonds. The van der Waals surface area contributed by atoms with Gasteiger partial charge in [0.25, 0.3) is 5.91 Å². The highest BCUT2D eigenvalue weighted by atomic mass is 16.5. The van der Waals surface area contributed by atoms with Crippen LogP contribution in [0.25, 0.3) is 0 Å². The number of nitrogens with zero attached hydrogens (tertiary/aromatic N) is 2. The van der Waals surface area contributed by atoms with Gasteiger partial charge in [-0.2, -0.15) is 0 Å². The monoisotopic (exact) mass is 372 g/mol. The molecule has 1 fully saturated rings. The number of rotatable bonds is 9. The van der Waals surface area contributed by atoms with Gasteiger partial charge in [0.2, 0.25) is 0 Å². The summed E-state index contributed by atoms with van der Waals surface area (Å²) >= 11 is 0. The summed E-state index contributed by atoms with van der Waals surface area (Å²) in [6.07, 6.45) is 5.59. The lowest BCUT2D eigenvalue weighted by Crippen LogP contribution is -2.24. The number of hydrogen-bond acceptors (Lipinski definition) is 5. The first-order valence-corrected chi connectivity index (χ1v) is 9.35. The number of imidazole rings is 1. The zero-order valence-corrected chi connectivity index (χ0v) is 16.0. The number of amides is 1. The van der Waals surface area contributed by atoms with Gasteiger partial charge in [-0.1, -0.05) is 0 Å². The predicted octanol–water partition coefficient (Wildman–Crippen LogP) is 1.62. The van der Waals surface area contributed by atoms with E-state index in [0.717, 1.165) is 42.9 Å². The number of nitrogens with one attached hydrogen (secondary N) is 2.